The van der Waals surface area contributed by atoms with Gasteiger partial charge in [0.2, 0.25) is 5.91 Å². The molecule has 0 bridgehead atoms. The Kier molecular flexibility index (Phi) is 18.3. The van der Waals surface area contributed by atoms with Gasteiger partial charge in [-0.3, -0.25) is 24.3 Å². The van der Waals surface area contributed by atoms with E-state index in [1.807, 2.05) is 59.3 Å². The van der Waals surface area contributed by atoms with Gasteiger partial charge in [-0.15, -0.1) is 0 Å². The van der Waals surface area contributed by atoms with Crippen LogP contribution in [0.15, 0.2) is 96.0 Å². The van der Waals surface area contributed by atoms with E-state index in [4.69, 9.17) is 33.4 Å². The molecule has 4 aliphatic rings. The van der Waals surface area contributed by atoms with Crippen molar-refractivity contribution in [1.82, 2.24) is 5.32 Å². The largest absolute Gasteiger partial charge is 0.493 e. The minimum absolute atomic E-state index is 0.0460. The van der Waals surface area contributed by atoms with Crippen molar-refractivity contribution in [2.45, 2.75) is 96.3 Å². The summed E-state index contributed by atoms with van der Waals surface area (Å²) >= 11 is 0. The molecule has 1 N–H and O–H groups in total. The number of benzene rings is 5. The summed E-state index contributed by atoms with van der Waals surface area (Å²) in [5.41, 5.74) is 10.6. The van der Waals surface area contributed by atoms with Crippen LogP contribution in [-0.4, -0.2) is 113 Å². The summed E-state index contributed by atoms with van der Waals surface area (Å²) in [6.07, 6.45) is 6.43. The molecule has 9 rings (SSSR count). The molecule has 0 saturated heterocycles. The van der Waals surface area contributed by atoms with Crippen LogP contribution in [0.2, 0.25) is 0 Å². The minimum atomic E-state index is -0.241. The minimum Gasteiger partial charge on any atom is -0.493 e. The van der Waals surface area contributed by atoms with E-state index >= 15 is 0 Å². The number of rotatable bonds is 26. The van der Waals surface area contributed by atoms with Crippen molar-refractivity contribution < 1.29 is 42.8 Å². The molecular weight excluding hydrogens is 999 g/mol. The zero-order chi connectivity index (χ0) is 53.2. The van der Waals surface area contributed by atoms with E-state index in [0.29, 0.717) is 94.0 Å². The van der Waals surface area contributed by atoms with Gasteiger partial charge in [0, 0.05) is 91.0 Å². The van der Waals surface area contributed by atoms with Crippen molar-refractivity contribution in [3.8, 4) is 17.2 Å². The molecule has 0 spiro atoms. The van der Waals surface area contributed by atoms with Gasteiger partial charge in [-0.1, -0.05) is 64.9 Å². The number of aryl methyl sites for hydroxylation is 2. The fourth-order valence-corrected chi connectivity index (χ4v) is 12.9. The number of ether oxygens (including phenoxy) is 6. The summed E-state index contributed by atoms with van der Waals surface area (Å²) in [5, 5.41) is 2.99. The molecule has 4 aliphatic heterocycles. The summed E-state index contributed by atoms with van der Waals surface area (Å²) in [6.45, 7) is 13.3. The topological polar surface area (TPSA) is 141 Å². The summed E-state index contributed by atoms with van der Waals surface area (Å²) in [6, 6.07) is 30.2. The van der Waals surface area contributed by atoms with Crippen LogP contribution < -0.4 is 34.2 Å². The zero-order valence-corrected chi connectivity index (χ0v) is 46.3. The van der Waals surface area contributed by atoms with Crippen LogP contribution in [0.4, 0.5) is 22.7 Å². The number of carbonyl (C=O) groups is 3. The van der Waals surface area contributed by atoms with Gasteiger partial charge in [0.15, 0.2) is 11.5 Å². The highest BCUT2D eigenvalue weighted by atomic mass is 33.1. The molecule has 0 aromatic heterocycles. The van der Waals surface area contributed by atoms with Crippen LogP contribution >= 0.6 is 21.6 Å². The predicted octanol–water partition coefficient (Wildman–Crippen LogP) is 10.5. The van der Waals surface area contributed by atoms with Crippen molar-refractivity contribution >= 4 is 68.3 Å². The Labute approximate surface area is 455 Å². The SMILES string of the molecule is CCCNC(=O)CCSSC(C)(C)CN(CCOCCOCCOC)c1cc(COc2cc3c(cc2C)C(=O)N2c4ccccc4C[C@H]2CC3)cc(COc2cc3c(cc2OC)C(=O)N2c4ccccc4C[C@H]2C=N3)c1. The lowest BCUT2D eigenvalue weighted by Gasteiger charge is -2.34. The van der Waals surface area contributed by atoms with E-state index in [1.165, 1.54) is 5.56 Å². The number of carbonyl (C=O) groups excluding carboxylic acids is 3. The highest BCUT2D eigenvalue weighted by Crippen LogP contribution is 2.43. The first-order chi connectivity index (χ1) is 36.9. The molecule has 0 unspecified atom stereocenters. The summed E-state index contributed by atoms with van der Waals surface area (Å²) < 4.78 is 36.1. The molecule has 16 heteroatoms. The molecule has 3 amide bonds. The van der Waals surface area contributed by atoms with Crippen molar-refractivity contribution in [3.05, 3.63) is 136 Å². The monoisotopic (exact) mass is 1070 g/mol. The second-order valence-corrected chi connectivity index (χ2v) is 23.5. The second-order valence-electron chi connectivity index (χ2n) is 20.3. The molecule has 76 heavy (non-hydrogen) atoms. The smallest absolute Gasteiger partial charge is 0.261 e. The maximum absolute atomic E-state index is 14.2. The average molecular weight is 1070 g/mol. The Morgan fingerprint density at radius 2 is 1.46 bits per heavy atom. The standard InChI is InChI=1S/C60H71N5O9S2/c1-7-19-61-57(66)18-26-75-76-60(3,4)39-63(20-21-71-24-25-72-23-22-69-5)47-29-41(37-73-54-33-43-16-17-46-31-44-12-8-10-14-52(44)64(46)58(67)49(43)27-40(54)2)28-42(30-47)38-74-56-35-51-50(34-55(56)70-6)59(68)65-48(36-62-51)32-45-13-9-11-15-53(45)65/h8-15,27-30,33-36,46,48H,7,16-26,31-32,37-39H2,1-6H3,(H,61,66)/t46-,48+/m1/s1. The molecule has 2 atom stereocenters. The van der Waals surface area contributed by atoms with Crippen LogP contribution in [0.3, 0.4) is 0 Å². The molecule has 4 heterocycles. The van der Waals surface area contributed by atoms with E-state index in [1.54, 1.807) is 47.9 Å². The summed E-state index contributed by atoms with van der Waals surface area (Å²) in [7, 11) is 6.72. The van der Waals surface area contributed by atoms with Crippen molar-refractivity contribution in [2.75, 3.05) is 87.3 Å². The van der Waals surface area contributed by atoms with Crippen molar-refractivity contribution in [2.24, 2.45) is 4.99 Å². The molecular formula is C60H71N5O9S2. The highest BCUT2D eigenvalue weighted by Gasteiger charge is 2.38. The van der Waals surface area contributed by atoms with Gasteiger partial charge in [0.25, 0.3) is 11.8 Å². The first-order valence-electron chi connectivity index (χ1n) is 26.5. The number of aliphatic imine (C=N–C) groups is 1. The van der Waals surface area contributed by atoms with E-state index in [-0.39, 0.29) is 47.8 Å². The lowest BCUT2D eigenvalue weighted by Crippen LogP contribution is -2.38. The normalized spacial score (nSPS) is 16.2. The van der Waals surface area contributed by atoms with Crippen LogP contribution in [0.25, 0.3) is 0 Å². The third-order valence-corrected chi connectivity index (χ3v) is 17.4. The Morgan fingerprint density at radius 1 is 0.776 bits per heavy atom. The van der Waals surface area contributed by atoms with E-state index < -0.39 is 0 Å². The Hall–Kier alpha value is -6.04. The molecule has 0 aliphatic carbocycles. The number of nitrogens with zero attached hydrogens (tertiary/aromatic N) is 4. The molecule has 5 aromatic carbocycles. The first kappa shape index (κ1) is 54.7. The van der Waals surface area contributed by atoms with Crippen LogP contribution in [-0.2, 0) is 51.5 Å². The molecule has 0 fully saturated rings. The Balaban J connectivity index is 0.987. The molecule has 0 saturated carbocycles. The number of methoxy groups -OCH3 is 2. The number of para-hydroxylation sites is 2. The van der Waals surface area contributed by atoms with Crippen LogP contribution in [0.1, 0.15) is 94.1 Å². The maximum Gasteiger partial charge on any atom is 0.261 e. The molecule has 402 valence electrons. The summed E-state index contributed by atoms with van der Waals surface area (Å²) in [5.74, 6) is 2.32. The number of anilines is 3. The van der Waals surface area contributed by atoms with E-state index in [2.05, 4.69) is 73.5 Å². The van der Waals surface area contributed by atoms with Gasteiger partial charge in [0.05, 0.1) is 57.4 Å². The lowest BCUT2D eigenvalue weighted by molar-refractivity contribution is -0.120. The average Bonchev–Trinajstić information content (AvgIpc) is 3.93. The lowest BCUT2D eigenvalue weighted by atomic mass is 9.98. The number of nitrogens with one attached hydrogen (secondary N) is 1. The van der Waals surface area contributed by atoms with Crippen molar-refractivity contribution in [3.63, 3.8) is 0 Å². The quantitative estimate of drug-likeness (QED) is 0.0416. The number of fused-ring (bicyclic) bond motifs is 8. The van der Waals surface area contributed by atoms with Crippen molar-refractivity contribution in [1.29, 1.82) is 0 Å². The summed E-state index contributed by atoms with van der Waals surface area (Å²) in [4.78, 5) is 51.9. The van der Waals surface area contributed by atoms with E-state index in [0.717, 1.165) is 81.9 Å². The Bertz CT molecular complexity index is 2910. The molecule has 0 radical (unpaired) electrons. The molecule has 5 aromatic rings. The maximum atomic E-state index is 14.2. The third kappa shape index (κ3) is 13.0. The van der Waals surface area contributed by atoms with Gasteiger partial charge >= 0.3 is 0 Å². The van der Waals surface area contributed by atoms with Gasteiger partial charge in [-0.25, -0.2) is 0 Å². The molecule has 14 nitrogen and oxygen atoms in total. The van der Waals surface area contributed by atoms with Gasteiger partial charge in [0.1, 0.15) is 19.0 Å². The fourth-order valence-electron chi connectivity index (χ4n) is 10.4. The van der Waals surface area contributed by atoms with Crippen LogP contribution in [0, 0.1) is 6.92 Å². The Morgan fingerprint density at radius 3 is 2.20 bits per heavy atom. The van der Waals surface area contributed by atoms with Gasteiger partial charge in [-0.05, 0) is 128 Å². The highest BCUT2D eigenvalue weighted by molar-refractivity contribution is 8.77. The number of hydrogen-bond donors (Lipinski definition) is 1. The predicted molar refractivity (Wildman–Crippen MR) is 305 cm³/mol. The number of hydrogen-bond acceptors (Lipinski definition) is 13. The first-order valence-corrected chi connectivity index (χ1v) is 28.8. The van der Waals surface area contributed by atoms with E-state index in [9.17, 15) is 14.4 Å². The zero-order valence-electron chi connectivity index (χ0n) is 44.7. The number of amides is 3. The van der Waals surface area contributed by atoms with Gasteiger partial charge in [-0.2, -0.15) is 0 Å². The van der Waals surface area contributed by atoms with Crippen LogP contribution in [0.5, 0.6) is 17.2 Å². The third-order valence-electron chi connectivity index (χ3n) is 14.1. The second kappa shape index (κ2) is 25.4. The fraction of sp³-hybridized carbons (Fsp3) is 0.433. The van der Waals surface area contributed by atoms with Gasteiger partial charge < -0.3 is 43.5 Å².